The van der Waals surface area contributed by atoms with Crippen molar-refractivity contribution in [3.8, 4) is 0 Å². The maximum Gasteiger partial charge on any atom is 0.317 e. The lowest BCUT2D eigenvalue weighted by Crippen LogP contribution is -2.57. The second-order valence-electron chi connectivity index (χ2n) is 6.01. The van der Waals surface area contributed by atoms with Gasteiger partial charge in [-0.25, -0.2) is 4.79 Å². The summed E-state index contributed by atoms with van der Waals surface area (Å²) in [4.78, 5) is 24.1. The van der Waals surface area contributed by atoms with Crippen molar-refractivity contribution >= 4 is 12.0 Å². The van der Waals surface area contributed by atoms with E-state index in [1.54, 1.807) is 11.8 Å². The maximum atomic E-state index is 11.7. The summed E-state index contributed by atoms with van der Waals surface area (Å²) in [5, 5.41) is 11.7. The van der Waals surface area contributed by atoms with Crippen LogP contribution < -0.4 is 5.32 Å². The topological polar surface area (TPSA) is 69.6 Å². The maximum absolute atomic E-state index is 11.7. The van der Waals surface area contributed by atoms with E-state index in [4.69, 9.17) is 5.11 Å². The van der Waals surface area contributed by atoms with Crippen molar-refractivity contribution in [1.82, 2.24) is 10.2 Å². The minimum Gasteiger partial charge on any atom is -0.481 e. The number of carboxylic acid groups (broad SMARTS) is 1. The van der Waals surface area contributed by atoms with Gasteiger partial charge in [0.15, 0.2) is 0 Å². The first-order valence-electron chi connectivity index (χ1n) is 5.96. The molecule has 17 heavy (non-hydrogen) atoms. The fraction of sp³-hybridized carbons (Fsp3) is 0.833. The van der Waals surface area contributed by atoms with E-state index in [1.807, 2.05) is 0 Å². The molecule has 0 aliphatic carbocycles. The van der Waals surface area contributed by atoms with Gasteiger partial charge >= 0.3 is 12.0 Å². The van der Waals surface area contributed by atoms with Gasteiger partial charge in [-0.2, -0.15) is 0 Å². The molecule has 1 saturated heterocycles. The first-order chi connectivity index (χ1) is 7.70. The molecule has 0 saturated carbocycles. The normalized spacial score (nSPS) is 18.5. The van der Waals surface area contributed by atoms with Crippen LogP contribution in [0.3, 0.4) is 0 Å². The Labute approximate surface area is 102 Å². The van der Waals surface area contributed by atoms with Gasteiger partial charge in [-0.15, -0.1) is 0 Å². The van der Waals surface area contributed by atoms with E-state index in [0.717, 1.165) is 0 Å². The number of nitrogens with one attached hydrogen (secondary N) is 1. The number of nitrogens with zero attached hydrogens (tertiary/aromatic N) is 1. The van der Waals surface area contributed by atoms with E-state index in [9.17, 15) is 9.59 Å². The molecule has 0 bridgehead atoms. The Morgan fingerprint density at radius 3 is 2.35 bits per heavy atom. The lowest BCUT2D eigenvalue weighted by molar-refractivity contribution is -0.144. The molecule has 5 nitrogen and oxygen atoms in total. The first-order valence-corrected chi connectivity index (χ1v) is 5.96. The number of likely N-dealkylation sites (tertiary alicyclic amines) is 1. The van der Waals surface area contributed by atoms with Crippen molar-refractivity contribution in [3.05, 3.63) is 0 Å². The monoisotopic (exact) mass is 242 g/mol. The fourth-order valence-corrected chi connectivity index (χ4v) is 1.65. The third-order valence-corrected chi connectivity index (χ3v) is 3.06. The molecule has 1 fully saturated rings. The molecule has 1 atom stereocenters. The highest BCUT2D eigenvalue weighted by Crippen LogP contribution is 2.24. The van der Waals surface area contributed by atoms with Crippen molar-refractivity contribution in [2.45, 2.75) is 27.7 Å². The summed E-state index contributed by atoms with van der Waals surface area (Å²) in [6.45, 7) is 9.57. The van der Waals surface area contributed by atoms with Crippen LogP contribution in [0.4, 0.5) is 4.79 Å². The molecule has 2 amide bonds. The van der Waals surface area contributed by atoms with Crippen molar-refractivity contribution < 1.29 is 14.7 Å². The lowest BCUT2D eigenvalue weighted by atomic mass is 9.87. The van der Waals surface area contributed by atoms with Crippen molar-refractivity contribution in [2.24, 2.45) is 17.3 Å². The summed E-state index contributed by atoms with van der Waals surface area (Å²) >= 11 is 0. The number of urea groups is 1. The van der Waals surface area contributed by atoms with Crippen LogP contribution in [-0.4, -0.2) is 41.6 Å². The quantitative estimate of drug-likeness (QED) is 0.785. The van der Waals surface area contributed by atoms with E-state index >= 15 is 0 Å². The zero-order chi connectivity index (χ0) is 13.2. The van der Waals surface area contributed by atoms with Gasteiger partial charge in [-0.05, 0) is 5.41 Å². The zero-order valence-electron chi connectivity index (χ0n) is 11.0. The number of hydrogen-bond acceptors (Lipinski definition) is 2. The highest BCUT2D eigenvalue weighted by molar-refractivity contribution is 5.76. The Balaban J connectivity index is 2.28. The average molecular weight is 242 g/mol. The largest absolute Gasteiger partial charge is 0.481 e. The molecule has 1 aliphatic rings. The number of rotatable bonds is 3. The van der Waals surface area contributed by atoms with Gasteiger partial charge in [-0.3, -0.25) is 4.79 Å². The van der Waals surface area contributed by atoms with Crippen LogP contribution in [-0.2, 0) is 4.79 Å². The second kappa shape index (κ2) is 4.94. The molecular weight excluding hydrogens is 220 g/mol. The lowest BCUT2D eigenvalue weighted by Gasteiger charge is -2.41. The molecule has 0 radical (unpaired) electrons. The minimum absolute atomic E-state index is 0.0638. The number of hydrogen-bond donors (Lipinski definition) is 2. The van der Waals surface area contributed by atoms with Gasteiger partial charge in [0.05, 0.1) is 5.92 Å². The number of carbonyl (C=O) groups is 2. The predicted molar refractivity (Wildman–Crippen MR) is 64.7 cm³/mol. The Hall–Kier alpha value is -1.26. The van der Waals surface area contributed by atoms with Gasteiger partial charge in [-0.1, -0.05) is 27.7 Å². The number of aliphatic carboxylic acids is 1. The van der Waals surface area contributed by atoms with Crippen molar-refractivity contribution in [1.29, 1.82) is 0 Å². The van der Waals surface area contributed by atoms with E-state index < -0.39 is 5.97 Å². The number of carbonyl (C=O) groups excluding carboxylic acids is 1. The summed E-state index contributed by atoms with van der Waals surface area (Å²) < 4.78 is 0. The summed E-state index contributed by atoms with van der Waals surface area (Å²) in [5.41, 5.74) is 0.0638. The molecule has 5 heteroatoms. The van der Waals surface area contributed by atoms with Crippen LogP contribution in [0.15, 0.2) is 0 Å². The number of amides is 2. The average Bonchev–Trinajstić information content (AvgIpc) is 2.10. The highest BCUT2D eigenvalue weighted by atomic mass is 16.4. The molecule has 1 aliphatic heterocycles. The van der Waals surface area contributed by atoms with Crippen LogP contribution in [0.1, 0.15) is 27.7 Å². The molecule has 1 unspecified atom stereocenters. The Morgan fingerprint density at radius 1 is 1.41 bits per heavy atom. The molecule has 1 rings (SSSR count). The Bertz CT molecular complexity index is 303. The van der Waals surface area contributed by atoms with Gasteiger partial charge in [0, 0.05) is 25.6 Å². The summed E-state index contributed by atoms with van der Waals surface area (Å²) in [7, 11) is 0. The van der Waals surface area contributed by atoms with Gasteiger partial charge in [0.1, 0.15) is 0 Å². The van der Waals surface area contributed by atoms with Crippen LogP contribution >= 0.6 is 0 Å². The SMILES string of the molecule is CC(C(=O)O)C1CN(C(=O)NCC(C)(C)C)C1. The summed E-state index contributed by atoms with van der Waals surface area (Å²) in [6.07, 6.45) is 0. The van der Waals surface area contributed by atoms with Gasteiger partial charge < -0.3 is 15.3 Å². The van der Waals surface area contributed by atoms with Crippen molar-refractivity contribution in [2.75, 3.05) is 19.6 Å². The van der Waals surface area contributed by atoms with Crippen LogP contribution in [0, 0.1) is 17.3 Å². The summed E-state index contributed by atoms with van der Waals surface area (Å²) in [5.74, 6) is -1.07. The molecular formula is C12H22N2O3. The summed E-state index contributed by atoms with van der Waals surface area (Å²) in [6, 6.07) is -0.0891. The van der Waals surface area contributed by atoms with E-state index in [1.165, 1.54) is 0 Å². The fourth-order valence-electron chi connectivity index (χ4n) is 1.65. The van der Waals surface area contributed by atoms with Crippen LogP contribution in [0.25, 0.3) is 0 Å². The van der Waals surface area contributed by atoms with Crippen LogP contribution in [0.2, 0.25) is 0 Å². The highest BCUT2D eigenvalue weighted by Gasteiger charge is 2.37. The van der Waals surface area contributed by atoms with Gasteiger partial charge in [0.25, 0.3) is 0 Å². The minimum atomic E-state index is -0.787. The Morgan fingerprint density at radius 2 is 1.94 bits per heavy atom. The van der Waals surface area contributed by atoms with Gasteiger partial charge in [0.2, 0.25) is 0 Å². The molecule has 1 heterocycles. The molecule has 0 aromatic heterocycles. The van der Waals surface area contributed by atoms with Crippen LogP contribution in [0.5, 0.6) is 0 Å². The predicted octanol–water partition coefficient (Wildman–Crippen LogP) is 1.39. The number of carboxylic acids is 1. The molecule has 0 spiro atoms. The smallest absolute Gasteiger partial charge is 0.317 e. The van der Waals surface area contributed by atoms with E-state index in [2.05, 4.69) is 26.1 Å². The second-order valence-corrected chi connectivity index (χ2v) is 6.01. The molecule has 0 aromatic carbocycles. The van der Waals surface area contributed by atoms with E-state index in [0.29, 0.717) is 19.6 Å². The molecule has 0 aromatic rings. The molecule has 2 N–H and O–H groups in total. The zero-order valence-corrected chi connectivity index (χ0v) is 11.0. The third-order valence-electron chi connectivity index (χ3n) is 3.06. The molecule has 98 valence electrons. The standard InChI is InChI=1S/C12H22N2O3/c1-8(10(15)16)9-5-14(6-9)11(17)13-7-12(2,3)4/h8-9H,5-7H2,1-4H3,(H,13,17)(H,15,16). The van der Waals surface area contributed by atoms with E-state index in [-0.39, 0.29) is 23.3 Å². The van der Waals surface area contributed by atoms with Crippen molar-refractivity contribution in [3.63, 3.8) is 0 Å². The Kier molecular flexibility index (Phi) is 4.01. The first kappa shape index (κ1) is 13.8. The third kappa shape index (κ3) is 3.91.